The number of carboxylic acids is 1. The summed E-state index contributed by atoms with van der Waals surface area (Å²) in [5.74, 6) is -1.46. The number of aliphatic carboxylic acids is 1. The van der Waals surface area contributed by atoms with E-state index in [1.807, 2.05) is 0 Å². The Morgan fingerprint density at radius 3 is 2.29 bits per heavy atom. The molecule has 0 saturated heterocycles. The Labute approximate surface area is 102 Å². The third-order valence-corrected chi connectivity index (χ3v) is 2.51. The smallest absolute Gasteiger partial charge is 0.410 e. The fourth-order valence-corrected chi connectivity index (χ4v) is 1.45. The Bertz CT molecular complexity index is 304. The first kappa shape index (κ1) is 13.8. The molecule has 1 unspecified atom stereocenters. The lowest BCUT2D eigenvalue weighted by molar-refractivity contribution is -0.141. The van der Waals surface area contributed by atoms with Crippen molar-refractivity contribution in [1.82, 2.24) is 4.90 Å². The number of carboxylic acid groups (broad SMARTS) is 1. The van der Waals surface area contributed by atoms with E-state index in [1.165, 1.54) is 0 Å². The minimum Gasteiger partial charge on any atom is -0.481 e. The summed E-state index contributed by atoms with van der Waals surface area (Å²) >= 11 is 0. The fraction of sp³-hybridized carbons (Fsp3) is 0.833. The van der Waals surface area contributed by atoms with Crippen LogP contribution in [0.1, 0.15) is 40.5 Å². The van der Waals surface area contributed by atoms with Gasteiger partial charge in [0, 0.05) is 12.6 Å². The van der Waals surface area contributed by atoms with Crippen molar-refractivity contribution in [3.8, 4) is 0 Å². The van der Waals surface area contributed by atoms with Crippen LogP contribution >= 0.6 is 0 Å². The quantitative estimate of drug-likeness (QED) is 0.821. The van der Waals surface area contributed by atoms with Crippen molar-refractivity contribution in [2.24, 2.45) is 5.92 Å². The van der Waals surface area contributed by atoms with Crippen molar-refractivity contribution >= 4 is 12.1 Å². The lowest BCUT2D eigenvalue weighted by Crippen LogP contribution is -2.41. The van der Waals surface area contributed by atoms with Crippen molar-refractivity contribution in [2.45, 2.75) is 52.2 Å². The topological polar surface area (TPSA) is 66.8 Å². The number of rotatable bonds is 4. The molecule has 1 rings (SSSR count). The summed E-state index contributed by atoms with van der Waals surface area (Å²) in [5, 5.41) is 8.87. The van der Waals surface area contributed by atoms with E-state index in [0.717, 1.165) is 12.8 Å². The molecule has 17 heavy (non-hydrogen) atoms. The van der Waals surface area contributed by atoms with E-state index in [2.05, 4.69) is 0 Å². The summed E-state index contributed by atoms with van der Waals surface area (Å²) in [6.45, 7) is 7.22. The van der Waals surface area contributed by atoms with E-state index in [9.17, 15) is 9.59 Å². The van der Waals surface area contributed by atoms with Gasteiger partial charge < -0.3 is 14.7 Å². The van der Waals surface area contributed by atoms with Crippen LogP contribution < -0.4 is 0 Å². The Hall–Kier alpha value is -1.26. The number of hydrogen-bond acceptors (Lipinski definition) is 3. The lowest BCUT2D eigenvalue weighted by Gasteiger charge is -2.28. The molecule has 0 spiro atoms. The predicted molar refractivity (Wildman–Crippen MR) is 62.8 cm³/mol. The van der Waals surface area contributed by atoms with Gasteiger partial charge >= 0.3 is 12.1 Å². The van der Waals surface area contributed by atoms with Crippen LogP contribution in [0.5, 0.6) is 0 Å². The SMILES string of the molecule is CC(CN(C(=O)OC(C)(C)C)C1CC1)C(=O)O. The number of ether oxygens (including phenoxy) is 1. The maximum absolute atomic E-state index is 11.9. The molecular weight excluding hydrogens is 222 g/mol. The van der Waals surface area contributed by atoms with Gasteiger partial charge in [0.1, 0.15) is 5.60 Å². The van der Waals surface area contributed by atoms with Crippen LogP contribution in [0, 0.1) is 5.92 Å². The largest absolute Gasteiger partial charge is 0.481 e. The third-order valence-electron chi connectivity index (χ3n) is 2.51. The molecule has 1 N–H and O–H groups in total. The van der Waals surface area contributed by atoms with Crippen molar-refractivity contribution in [1.29, 1.82) is 0 Å². The first-order valence-electron chi connectivity index (χ1n) is 5.93. The average Bonchev–Trinajstić information content (AvgIpc) is 2.93. The van der Waals surface area contributed by atoms with Crippen molar-refractivity contribution in [3.05, 3.63) is 0 Å². The second-order valence-corrected chi connectivity index (χ2v) is 5.60. The highest BCUT2D eigenvalue weighted by Gasteiger charge is 2.36. The summed E-state index contributed by atoms with van der Waals surface area (Å²) in [5.41, 5.74) is -0.545. The molecule has 0 radical (unpaired) electrons. The summed E-state index contributed by atoms with van der Waals surface area (Å²) in [6.07, 6.45) is 1.46. The molecule has 1 atom stereocenters. The van der Waals surface area contributed by atoms with Crippen LogP contribution in [0.2, 0.25) is 0 Å². The molecular formula is C12H21NO4. The van der Waals surface area contributed by atoms with Gasteiger partial charge in [0.15, 0.2) is 0 Å². The number of hydrogen-bond donors (Lipinski definition) is 1. The highest BCUT2D eigenvalue weighted by molar-refractivity contribution is 5.73. The van der Waals surface area contributed by atoms with Gasteiger partial charge in [-0.1, -0.05) is 6.92 Å². The summed E-state index contributed by atoms with van der Waals surface area (Å²) in [7, 11) is 0. The molecule has 0 aromatic rings. The lowest BCUT2D eigenvalue weighted by atomic mass is 10.1. The van der Waals surface area contributed by atoms with Gasteiger partial charge in [-0.05, 0) is 33.6 Å². The molecule has 0 bridgehead atoms. The van der Waals surface area contributed by atoms with E-state index < -0.39 is 23.6 Å². The molecule has 0 aromatic heterocycles. The second kappa shape index (κ2) is 4.94. The Morgan fingerprint density at radius 1 is 1.41 bits per heavy atom. The van der Waals surface area contributed by atoms with E-state index in [-0.39, 0.29) is 12.6 Å². The third kappa shape index (κ3) is 4.63. The number of nitrogens with zero attached hydrogens (tertiary/aromatic N) is 1. The van der Waals surface area contributed by atoms with Crippen molar-refractivity contribution in [3.63, 3.8) is 0 Å². The van der Waals surface area contributed by atoms with E-state index in [1.54, 1.807) is 32.6 Å². The van der Waals surface area contributed by atoms with Crippen LogP contribution in [-0.2, 0) is 9.53 Å². The predicted octanol–water partition coefficient (Wildman–Crippen LogP) is 2.11. The van der Waals surface area contributed by atoms with E-state index in [4.69, 9.17) is 9.84 Å². The standard InChI is InChI=1S/C12H21NO4/c1-8(10(14)15)7-13(9-5-6-9)11(16)17-12(2,3)4/h8-9H,5-7H2,1-4H3,(H,14,15). The maximum atomic E-state index is 11.9. The van der Waals surface area contributed by atoms with Gasteiger partial charge in [0.2, 0.25) is 0 Å². The molecule has 1 saturated carbocycles. The Balaban J connectivity index is 2.60. The average molecular weight is 243 g/mol. The maximum Gasteiger partial charge on any atom is 0.410 e. The van der Waals surface area contributed by atoms with Crippen LogP contribution in [0.3, 0.4) is 0 Å². The first-order chi connectivity index (χ1) is 7.70. The first-order valence-corrected chi connectivity index (χ1v) is 5.93. The van der Waals surface area contributed by atoms with E-state index in [0.29, 0.717) is 0 Å². The summed E-state index contributed by atoms with van der Waals surface area (Å²) in [6, 6.07) is 0.159. The minimum atomic E-state index is -0.890. The highest BCUT2D eigenvalue weighted by atomic mass is 16.6. The number of amides is 1. The molecule has 5 heteroatoms. The molecule has 1 aliphatic rings. The van der Waals surface area contributed by atoms with Crippen LogP contribution in [-0.4, -0.2) is 40.3 Å². The number of carbonyl (C=O) groups excluding carboxylic acids is 1. The Morgan fingerprint density at radius 2 is 1.94 bits per heavy atom. The number of carbonyl (C=O) groups is 2. The minimum absolute atomic E-state index is 0.159. The van der Waals surface area contributed by atoms with Gasteiger partial charge in [-0.2, -0.15) is 0 Å². The molecule has 0 aliphatic heterocycles. The molecule has 1 aliphatic carbocycles. The second-order valence-electron chi connectivity index (χ2n) is 5.60. The molecule has 0 heterocycles. The van der Waals surface area contributed by atoms with Gasteiger partial charge in [-0.25, -0.2) is 4.79 Å². The van der Waals surface area contributed by atoms with Gasteiger partial charge in [-0.15, -0.1) is 0 Å². The Kier molecular flexibility index (Phi) is 4.01. The van der Waals surface area contributed by atoms with Crippen LogP contribution in [0.25, 0.3) is 0 Å². The zero-order valence-corrected chi connectivity index (χ0v) is 10.9. The zero-order valence-electron chi connectivity index (χ0n) is 10.9. The van der Waals surface area contributed by atoms with Crippen LogP contribution in [0.15, 0.2) is 0 Å². The van der Waals surface area contributed by atoms with Crippen molar-refractivity contribution < 1.29 is 19.4 Å². The van der Waals surface area contributed by atoms with Gasteiger partial charge in [-0.3, -0.25) is 4.79 Å². The van der Waals surface area contributed by atoms with Gasteiger partial charge in [0.25, 0.3) is 0 Å². The summed E-state index contributed by atoms with van der Waals surface area (Å²) in [4.78, 5) is 24.3. The fourth-order valence-electron chi connectivity index (χ4n) is 1.45. The van der Waals surface area contributed by atoms with E-state index >= 15 is 0 Å². The zero-order chi connectivity index (χ0) is 13.2. The van der Waals surface area contributed by atoms with Crippen LogP contribution in [0.4, 0.5) is 4.79 Å². The van der Waals surface area contributed by atoms with Gasteiger partial charge in [0.05, 0.1) is 5.92 Å². The molecule has 1 amide bonds. The normalized spacial score (nSPS) is 17.4. The molecule has 0 aromatic carbocycles. The monoisotopic (exact) mass is 243 g/mol. The molecule has 98 valence electrons. The highest BCUT2D eigenvalue weighted by Crippen LogP contribution is 2.29. The molecule has 5 nitrogen and oxygen atoms in total. The molecule has 1 fully saturated rings. The van der Waals surface area contributed by atoms with Crippen molar-refractivity contribution in [2.75, 3.05) is 6.54 Å². The summed E-state index contributed by atoms with van der Waals surface area (Å²) < 4.78 is 5.28.